The Hall–Kier alpha value is -1.26. The SMILES string of the molecule is COc1cc(C)c(Cl)cc1CCCC(N)C(=O)O. The summed E-state index contributed by atoms with van der Waals surface area (Å²) in [6, 6.07) is 2.94. The molecule has 0 bridgehead atoms. The largest absolute Gasteiger partial charge is 0.496 e. The lowest BCUT2D eigenvalue weighted by Gasteiger charge is -2.11. The first-order valence-corrected chi connectivity index (χ1v) is 6.15. The minimum absolute atomic E-state index is 0.435. The smallest absolute Gasteiger partial charge is 0.320 e. The lowest BCUT2D eigenvalue weighted by Crippen LogP contribution is -2.29. The number of hydrogen-bond donors (Lipinski definition) is 2. The van der Waals surface area contributed by atoms with Gasteiger partial charge in [0.15, 0.2) is 0 Å². The molecule has 1 aromatic rings. The van der Waals surface area contributed by atoms with Gasteiger partial charge in [0.2, 0.25) is 0 Å². The predicted molar refractivity (Wildman–Crippen MR) is 71.3 cm³/mol. The van der Waals surface area contributed by atoms with Crippen LogP contribution in [0.4, 0.5) is 0 Å². The Kier molecular flexibility index (Phi) is 5.44. The van der Waals surface area contributed by atoms with E-state index < -0.39 is 12.0 Å². The second-order valence-corrected chi connectivity index (χ2v) is 4.66. The van der Waals surface area contributed by atoms with Crippen molar-refractivity contribution >= 4 is 17.6 Å². The summed E-state index contributed by atoms with van der Waals surface area (Å²) in [5.41, 5.74) is 7.38. The Morgan fingerprint density at radius 1 is 1.56 bits per heavy atom. The number of hydrogen-bond acceptors (Lipinski definition) is 3. The zero-order valence-electron chi connectivity index (χ0n) is 10.6. The van der Waals surface area contributed by atoms with Crippen molar-refractivity contribution in [3.63, 3.8) is 0 Å². The van der Waals surface area contributed by atoms with Crippen LogP contribution in [0, 0.1) is 6.92 Å². The van der Waals surface area contributed by atoms with Crippen molar-refractivity contribution in [3.05, 3.63) is 28.3 Å². The number of nitrogens with two attached hydrogens (primary N) is 1. The summed E-state index contributed by atoms with van der Waals surface area (Å²) in [7, 11) is 1.61. The molecule has 0 aliphatic rings. The van der Waals surface area contributed by atoms with E-state index in [9.17, 15) is 4.79 Å². The van der Waals surface area contributed by atoms with Gasteiger partial charge in [0, 0.05) is 5.02 Å². The molecule has 0 fully saturated rings. The van der Waals surface area contributed by atoms with Gasteiger partial charge in [-0.05, 0) is 49.4 Å². The number of aryl methyl sites for hydroxylation is 2. The number of halogens is 1. The van der Waals surface area contributed by atoms with Crippen LogP contribution < -0.4 is 10.5 Å². The molecule has 1 rings (SSSR count). The summed E-state index contributed by atoms with van der Waals surface area (Å²) in [5, 5.41) is 9.38. The maximum atomic E-state index is 10.6. The number of carboxylic acid groups (broad SMARTS) is 1. The number of rotatable bonds is 6. The van der Waals surface area contributed by atoms with Gasteiger partial charge in [-0.25, -0.2) is 0 Å². The molecule has 4 nitrogen and oxygen atoms in total. The topological polar surface area (TPSA) is 72.5 Å². The van der Waals surface area contributed by atoms with E-state index in [-0.39, 0.29) is 0 Å². The molecule has 0 aliphatic heterocycles. The maximum absolute atomic E-state index is 10.6. The molecule has 1 aromatic carbocycles. The molecule has 5 heteroatoms. The molecular formula is C13H18ClNO3. The van der Waals surface area contributed by atoms with Crippen LogP contribution >= 0.6 is 11.6 Å². The molecule has 0 aliphatic carbocycles. The highest BCUT2D eigenvalue weighted by Crippen LogP contribution is 2.27. The Balaban J connectivity index is 2.67. The van der Waals surface area contributed by atoms with Crippen LogP contribution in [0.15, 0.2) is 12.1 Å². The number of carbonyl (C=O) groups is 1. The number of benzene rings is 1. The van der Waals surface area contributed by atoms with E-state index in [0.29, 0.717) is 24.3 Å². The first kappa shape index (κ1) is 14.8. The van der Waals surface area contributed by atoms with E-state index in [1.807, 2.05) is 19.1 Å². The fourth-order valence-corrected chi connectivity index (χ4v) is 1.90. The van der Waals surface area contributed by atoms with E-state index in [4.69, 9.17) is 27.2 Å². The van der Waals surface area contributed by atoms with E-state index in [2.05, 4.69) is 0 Å². The third-order valence-electron chi connectivity index (χ3n) is 2.84. The highest BCUT2D eigenvalue weighted by atomic mass is 35.5. The first-order chi connectivity index (χ1) is 8.45. The molecule has 100 valence electrons. The second kappa shape index (κ2) is 6.61. The highest BCUT2D eigenvalue weighted by molar-refractivity contribution is 6.31. The van der Waals surface area contributed by atoms with Gasteiger partial charge in [-0.15, -0.1) is 0 Å². The molecule has 0 saturated heterocycles. The van der Waals surface area contributed by atoms with Gasteiger partial charge in [0.05, 0.1) is 7.11 Å². The van der Waals surface area contributed by atoms with Crippen LogP contribution in [-0.4, -0.2) is 24.2 Å². The van der Waals surface area contributed by atoms with Gasteiger partial charge >= 0.3 is 5.97 Å². The van der Waals surface area contributed by atoms with Crippen LogP contribution in [0.1, 0.15) is 24.0 Å². The Bertz CT molecular complexity index is 434. The van der Waals surface area contributed by atoms with Crippen molar-refractivity contribution in [2.75, 3.05) is 7.11 Å². The van der Waals surface area contributed by atoms with Crippen LogP contribution in [0.25, 0.3) is 0 Å². The van der Waals surface area contributed by atoms with Gasteiger partial charge in [0.25, 0.3) is 0 Å². The minimum atomic E-state index is -0.969. The van der Waals surface area contributed by atoms with Gasteiger partial charge in [-0.1, -0.05) is 11.6 Å². The molecule has 0 radical (unpaired) electrons. The van der Waals surface area contributed by atoms with Crippen molar-refractivity contribution < 1.29 is 14.6 Å². The van der Waals surface area contributed by atoms with Crippen LogP contribution in [-0.2, 0) is 11.2 Å². The summed E-state index contributed by atoms with van der Waals surface area (Å²) < 4.78 is 5.28. The molecule has 1 atom stereocenters. The summed E-state index contributed by atoms with van der Waals surface area (Å²) in [6.07, 6.45) is 1.82. The fourth-order valence-electron chi connectivity index (χ4n) is 1.72. The van der Waals surface area contributed by atoms with E-state index in [1.165, 1.54) is 0 Å². The summed E-state index contributed by atoms with van der Waals surface area (Å²) in [4.78, 5) is 10.6. The quantitative estimate of drug-likeness (QED) is 0.833. The van der Waals surface area contributed by atoms with Crippen molar-refractivity contribution in [2.45, 2.75) is 32.2 Å². The predicted octanol–water partition coefficient (Wildman–Crippen LogP) is 2.39. The van der Waals surface area contributed by atoms with Gasteiger partial charge in [-0.3, -0.25) is 4.79 Å². The summed E-state index contributed by atoms with van der Waals surface area (Å²) in [6.45, 7) is 1.91. The fraction of sp³-hybridized carbons (Fsp3) is 0.462. The Morgan fingerprint density at radius 2 is 2.22 bits per heavy atom. The Morgan fingerprint density at radius 3 is 2.78 bits per heavy atom. The highest BCUT2D eigenvalue weighted by Gasteiger charge is 2.12. The molecule has 0 heterocycles. The monoisotopic (exact) mass is 271 g/mol. The minimum Gasteiger partial charge on any atom is -0.496 e. The third-order valence-corrected chi connectivity index (χ3v) is 3.25. The zero-order valence-corrected chi connectivity index (χ0v) is 11.3. The average molecular weight is 272 g/mol. The van der Waals surface area contributed by atoms with Crippen LogP contribution in [0.2, 0.25) is 5.02 Å². The van der Waals surface area contributed by atoms with Crippen LogP contribution in [0.5, 0.6) is 5.75 Å². The lowest BCUT2D eigenvalue weighted by atomic mass is 10.0. The third kappa shape index (κ3) is 3.89. The van der Waals surface area contributed by atoms with Gasteiger partial charge < -0.3 is 15.6 Å². The molecule has 1 unspecified atom stereocenters. The molecular weight excluding hydrogens is 254 g/mol. The molecule has 0 saturated carbocycles. The van der Waals surface area contributed by atoms with E-state index in [0.717, 1.165) is 16.9 Å². The number of aliphatic carboxylic acids is 1. The molecule has 0 spiro atoms. The Labute approximate surface area is 112 Å². The lowest BCUT2D eigenvalue weighted by molar-refractivity contribution is -0.138. The number of methoxy groups -OCH3 is 1. The van der Waals surface area contributed by atoms with E-state index >= 15 is 0 Å². The first-order valence-electron chi connectivity index (χ1n) is 5.77. The normalized spacial score (nSPS) is 12.2. The van der Waals surface area contributed by atoms with Crippen molar-refractivity contribution in [1.82, 2.24) is 0 Å². The number of ether oxygens (including phenoxy) is 1. The molecule has 0 aromatic heterocycles. The van der Waals surface area contributed by atoms with Gasteiger partial charge in [-0.2, -0.15) is 0 Å². The number of carboxylic acids is 1. The van der Waals surface area contributed by atoms with Crippen molar-refractivity contribution in [3.8, 4) is 5.75 Å². The average Bonchev–Trinajstić information content (AvgIpc) is 2.32. The van der Waals surface area contributed by atoms with Crippen molar-refractivity contribution in [1.29, 1.82) is 0 Å². The standard InChI is InChI=1S/C13H18ClNO3/c1-8-6-12(18-2)9(7-10(8)14)4-3-5-11(15)13(16)17/h6-7,11H,3-5,15H2,1-2H3,(H,16,17). The summed E-state index contributed by atoms with van der Waals surface area (Å²) in [5.74, 6) is -0.190. The molecule has 3 N–H and O–H groups in total. The second-order valence-electron chi connectivity index (χ2n) is 4.25. The maximum Gasteiger partial charge on any atom is 0.320 e. The van der Waals surface area contributed by atoms with Crippen LogP contribution in [0.3, 0.4) is 0 Å². The summed E-state index contributed by atoms with van der Waals surface area (Å²) >= 11 is 6.06. The molecule has 18 heavy (non-hydrogen) atoms. The zero-order chi connectivity index (χ0) is 13.7. The van der Waals surface area contributed by atoms with Crippen molar-refractivity contribution in [2.24, 2.45) is 5.73 Å². The molecule has 0 amide bonds. The van der Waals surface area contributed by atoms with Gasteiger partial charge in [0.1, 0.15) is 11.8 Å². The van der Waals surface area contributed by atoms with E-state index in [1.54, 1.807) is 7.11 Å².